The van der Waals surface area contributed by atoms with Crippen LogP contribution < -0.4 is 5.73 Å². The van der Waals surface area contributed by atoms with Crippen LogP contribution in [0.25, 0.3) is 5.69 Å². The van der Waals surface area contributed by atoms with E-state index in [-0.39, 0.29) is 23.6 Å². The average Bonchev–Trinajstić information content (AvgIpc) is 3.43. The summed E-state index contributed by atoms with van der Waals surface area (Å²) in [6.07, 6.45) is 1.84. The summed E-state index contributed by atoms with van der Waals surface area (Å²) in [7, 11) is 0. The van der Waals surface area contributed by atoms with Gasteiger partial charge >= 0.3 is 6.09 Å². The smallest absolute Gasteiger partial charge is 0.436 e. The number of ether oxygens (including phenoxy) is 1. The van der Waals surface area contributed by atoms with Gasteiger partial charge < -0.3 is 20.6 Å². The second-order valence-corrected chi connectivity index (χ2v) is 8.19. The van der Waals surface area contributed by atoms with Gasteiger partial charge in [-0.3, -0.25) is 0 Å². The average molecular weight is 455 g/mol. The Kier molecular flexibility index (Phi) is 6.73. The van der Waals surface area contributed by atoms with E-state index in [0.29, 0.717) is 11.4 Å². The summed E-state index contributed by atoms with van der Waals surface area (Å²) in [6, 6.07) is 9.30. The van der Waals surface area contributed by atoms with Crippen molar-refractivity contribution in [2.45, 2.75) is 45.3 Å². The van der Waals surface area contributed by atoms with Crippen molar-refractivity contribution in [3.8, 4) is 5.69 Å². The van der Waals surface area contributed by atoms with Crippen LogP contribution in [0.4, 0.5) is 9.18 Å². The number of carbonyl (C=O) groups excluding carboxylic acids is 1. The lowest BCUT2D eigenvalue weighted by Gasteiger charge is -2.23. The van der Waals surface area contributed by atoms with Crippen LogP contribution in [0.2, 0.25) is 0 Å². The molecule has 0 aliphatic rings. The number of aliphatic imine (C=N–C) groups is 2. The molecule has 0 fully saturated rings. The molecular formula is C22H26FN7O3. The third-order valence-corrected chi connectivity index (χ3v) is 4.69. The van der Waals surface area contributed by atoms with Gasteiger partial charge in [-0.15, -0.1) is 5.10 Å². The number of carbonyl (C=O) groups is 1. The first kappa shape index (κ1) is 23.8. The number of nitrogens with zero attached hydrogens (tertiary/aromatic N) is 5. The maximum absolute atomic E-state index is 14.1. The Bertz CT molecular complexity index is 1190. The number of nitrogens with two attached hydrogens (primary N) is 1. The van der Waals surface area contributed by atoms with Crippen molar-refractivity contribution in [2.75, 3.05) is 0 Å². The maximum atomic E-state index is 14.1. The molecule has 1 amide bonds. The fraction of sp³-hybridized carbons (Fsp3) is 0.318. The molecule has 4 N–H and O–H groups in total. The summed E-state index contributed by atoms with van der Waals surface area (Å²) < 4.78 is 20.6. The third-order valence-electron chi connectivity index (χ3n) is 4.69. The van der Waals surface area contributed by atoms with Gasteiger partial charge in [0.1, 0.15) is 28.4 Å². The fourth-order valence-corrected chi connectivity index (χ4v) is 3.09. The molecule has 1 atom stereocenters. The molecule has 3 rings (SSSR count). The van der Waals surface area contributed by atoms with Crippen molar-refractivity contribution >= 4 is 18.3 Å². The molecule has 1 aromatic carbocycles. The lowest BCUT2D eigenvalue weighted by molar-refractivity contribution is 0.0604. The van der Waals surface area contributed by atoms with Crippen molar-refractivity contribution in [1.29, 1.82) is 0 Å². The predicted molar refractivity (Wildman–Crippen MR) is 121 cm³/mol. The minimum Gasteiger partial charge on any atom is -0.442 e. The summed E-state index contributed by atoms with van der Waals surface area (Å²) >= 11 is 0. The van der Waals surface area contributed by atoms with Crippen molar-refractivity contribution < 1.29 is 19.0 Å². The first-order chi connectivity index (χ1) is 15.6. The largest absolute Gasteiger partial charge is 0.442 e. The van der Waals surface area contributed by atoms with E-state index in [1.165, 1.54) is 16.9 Å². The number of halogens is 1. The van der Waals surface area contributed by atoms with Crippen molar-refractivity contribution in [3.63, 3.8) is 0 Å². The number of nitrogens with one attached hydrogen (secondary N) is 1. The van der Waals surface area contributed by atoms with Crippen LogP contribution in [0, 0.1) is 5.82 Å². The highest BCUT2D eigenvalue weighted by molar-refractivity contribution is 6.05. The number of hydrogen-bond acceptors (Lipinski definition) is 5. The monoisotopic (exact) mass is 455 g/mol. The van der Waals surface area contributed by atoms with Crippen LogP contribution in [0.5, 0.6) is 0 Å². The number of aliphatic hydroxyl groups is 1. The molecular weight excluding hydrogens is 429 g/mol. The van der Waals surface area contributed by atoms with Crippen molar-refractivity contribution in [2.24, 2.45) is 15.7 Å². The number of amidine groups is 1. The number of para-hydroxylation sites is 1. The van der Waals surface area contributed by atoms with Crippen molar-refractivity contribution in [3.05, 3.63) is 65.5 Å². The van der Waals surface area contributed by atoms with E-state index in [9.17, 15) is 14.3 Å². The molecule has 2 aromatic heterocycles. The molecule has 2 heterocycles. The van der Waals surface area contributed by atoms with Crippen LogP contribution in [-0.4, -0.2) is 49.0 Å². The highest BCUT2D eigenvalue weighted by Crippen LogP contribution is 2.31. The van der Waals surface area contributed by atoms with E-state index in [1.54, 1.807) is 58.0 Å². The zero-order valence-electron chi connectivity index (χ0n) is 18.8. The molecule has 174 valence electrons. The SMILES string of the molecule is CCC(O)(c1cn(-c2ccccc2F)nn1)c1ccc(C(N=CN)=NC(=O)OC(C)(C)C)[nH]1. The number of rotatable bonds is 5. The molecule has 0 saturated heterocycles. The van der Waals surface area contributed by atoms with Crippen LogP contribution in [0.1, 0.15) is 51.2 Å². The summed E-state index contributed by atoms with van der Waals surface area (Å²) in [4.78, 5) is 22.9. The van der Waals surface area contributed by atoms with Crippen molar-refractivity contribution in [1.82, 2.24) is 20.0 Å². The lowest BCUT2D eigenvalue weighted by atomic mass is 9.93. The molecule has 0 aliphatic heterocycles. The number of aromatic amines is 1. The van der Waals surface area contributed by atoms with E-state index in [4.69, 9.17) is 10.5 Å². The Morgan fingerprint density at radius 3 is 2.67 bits per heavy atom. The van der Waals surface area contributed by atoms with Crippen LogP contribution in [0.15, 0.2) is 52.6 Å². The van der Waals surface area contributed by atoms with E-state index in [2.05, 4.69) is 25.3 Å². The standard InChI is InChI=1S/C22H26FN7O3/c1-5-22(32,18-12-30(29-28-18)16-9-7-6-8-14(16)23)17-11-10-15(26-17)19(25-13-24)27-20(31)33-21(2,3)4/h6-13,26,32H,5H2,1-4H3,(H2,24,25,27,31). The molecule has 33 heavy (non-hydrogen) atoms. The lowest BCUT2D eigenvalue weighted by Crippen LogP contribution is -2.27. The molecule has 0 aliphatic carbocycles. The Hall–Kier alpha value is -3.86. The molecule has 11 heteroatoms. The minimum absolute atomic E-state index is 0.0218. The van der Waals surface area contributed by atoms with Gasteiger partial charge in [0.15, 0.2) is 5.84 Å². The van der Waals surface area contributed by atoms with E-state index >= 15 is 0 Å². The number of benzene rings is 1. The predicted octanol–water partition coefficient (Wildman–Crippen LogP) is 3.05. The summed E-state index contributed by atoms with van der Waals surface area (Å²) in [6.45, 7) is 6.91. The Labute approximate surface area is 190 Å². The quantitative estimate of drug-likeness (QED) is 0.398. The van der Waals surface area contributed by atoms with Gasteiger partial charge in [0.05, 0.1) is 23.9 Å². The number of H-pyrrole nitrogens is 1. The number of aromatic nitrogens is 4. The van der Waals surface area contributed by atoms with Crippen LogP contribution in [0.3, 0.4) is 0 Å². The second kappa shape index (κ2) is 9.33. The topological polar surface area (TPSA) is 144 Å². The highest BCUT2D eigenvalue weighted by Gasteiger charge is 2.35. The Morgan fingerprint density at radius 1 is 1.30 bits per heavy atom. The Balaban J connectivity index is 1.95. The molecule has 0 bridgehead atoms. The summed E-state index contributed by atoms with van der Waals surface area (Å²) in [5.41, 5.74) is 4.18. The zero-order chi connectivity index (χ0) is 24.2. The number of hydrogen-bond donors (Lipinski definition) is 3. The van der Waals surface area contributed by atoms with Gasteiger partial charge in [-0.25, -0.2) is 18.9 Å². The molecule has 0 saturated carbocycles. The summed E-state index contributed by atoms with van der Waals surface area (Å²) in [5.74, 6) is -0.495. The number of amides is 1. The molecule has 3 aromatic rings. The van der Waals surface area contributed by atoms with E-state index < -0.39 is 23.1 Å². The first-order valence-electron chi connectivity index (χ1n) is 10.2. The Morgan fingerprint density at radius 2 is 2.03 bits per heavy atom. The first-order valence-corrected chi connectivity index (χ1v) is 10.2. The molecule has 10 nitrogen and oxygen atoms in total. The van der Waals surface area contributed by atoms with E-state index in [1.807, 2.05) is 0 Å². The fourth-order valence-electron chi connectivity index (χ4n) is 3.09. The highest BCUT2D eigenvalue weighted by atomic mass is 19.1. The minimum atomic E-state index is -1.58. The second-order valence-electron chi connectivity index (χ2n) is 8.19. The van der Waals surface area contributed by atoms with Gasteiger partial charge in [-0.2, -0.15) is 4.99 Å². The van der Waals surface area contributed by atoms with Gasteiger partial charge in [0.25, 0.3) is 0 Å². The van der Waals surface area contributed by atoms with Crippen LogP contribution >= 0.6 is 0 Å². The zero-order valence-corrected chi connectivity index (χ0v) is 18.8. The van der Waals surface area contributed by atoms with Crippen LogP contribution in [-0.2, 0) is 10.3 Å². The van der Waals surface area contributed by atoms with Gasteiger partial charge in [0, 0.05) is 0 Å². The molecule has 0 radical (unpaired) electrons. The van der Waals surface area contributed by atoms with Gasteiger partial charge in [-0.1, -0.05) is 24.3 Å². The van der Waals surface area contributed by atoms with Gasteiger partial charge in [0.2, 0.25) is 0 Å². The third kappa shape index (κ3) is 5.32. The molecule has 1 unspecified atom stereocenters. The summed E-state index contributed by atoms with van der Waals surface area (Å²) in [5, 5.41) is 19.4. The maximum Gasteiger partial charge on any atom is 0.436 e. The normalized spacial score (nSPS) is 14.4. The molecule has 0 spiro atoms. The van der Waals surface area contributed by atoms with E-state index in [0.717, 1.165) is 6.34 Å². The van der Waals surface area contributed by atoms with Gasteiger partial charge in [-0.05, 0) is 51.5 Å².